The lowest BCUT2D eigenvalue weighted by atomic mass is 9.87. The van der Waals surface area contributed by atoms with Crippen LogP contribution in [0.2, 0.25) is 0 Å². The number of nitrogens with zero attached hydrogens (tertiary/aromatic N) is 2. The van der Waals surface area contributed by atoms with Crippen molar-refractivity contribution >= 4 is 23.6 Å². The number of nitrogens with two attached hydrogens (primary N) is 1. The highest BCUT2D eigenvalue weighted by atomic mass is 16.2. The van der Waals surface area contributed by atoms with E-state index in [1.807, 2.05) is 19.2 Å². The van der Waals surface area contributed by atoms with E-state index < -0.39 is 0 Å². The van der Waals surface area contributed by atoms with Gasteiger partial charge in [-0.25, -0.2) is 9.97 Å². The van der Waals surface area contributed by atoms with Gasteiger partial charge in [0.25, 0.3) is 5.91 Å². The molecule has 0 unspecified atom stereocenters. The average Bonchev–Trinajstić information content (AvgIpc) is 2.76. The number of hydrogen-bond donors (Lipinski definition) is 4. The minimum absolute atomic E-state index is 0.0119. The van der Waals surface area contributed by atoms with E-state index in [-0.39, 0.29) is 17.0 Å². The van der Waals surface area contributed by atoms with E-state index in [1.165, 1.54) is 18.6 Å². The molecule has 8 heteroatoms. The number of carbonyl (C=O) groups excluding carboxylic acids is 2. The highest BCUT2D eigenvalue weighted by Crippen LogP contribution is 2.22. The van der Waals surface area contributed by atoms with Crippen molar-refractivity contribution in [3.05, 3.63) is 71.5 Å². The summed E-state index contributed by atoms with van der Waals surface area (Å²) in [6.07, 6.45) is 4.78. The Bertz CT molecular complexity index is 959. The molecule has 0 spiro atoms. The highest BCUT2D eigenvalue weighted by molar-refractivity contribution is 5.99. The number of likely N-dealkylation sites (N-methyl/N-ethyl adjacent to an activating group) is 1. The Hall–Kier alpha value is -3.52. The monoisotopic (exact) mass is 422 g/mol. The van der Waals surface area contributed by atoms with Gasteiger partial charge in [-0.1, -0.05) is 32.9 Å². The Morgan fingerprint density at radius 2 is 1.84 bits per heavy atom. The third-order valence-corrected chi connectivity index (χ3v) is 4.53. The van der Waals surface area contributed by atoms with E-state index in [0.29, 0.717) is 35.5 Å². The van der Waals surface area contributed by atoms with E-state index in [4.69, 9.17) is 5.73 Å². The topological polar surface area (TPSA) is 122 Å². The first-order chi connectivity index (χ1) is 14.8. The number of carbonyl (C=O) groups is 2. The van der Waals surface area contributed by atoms with Crippen LogP contribution in [0.1, 0.15) is 42.4 Å². The number of benzene rings is 1. The Kier molecular flexibility index (Phi) is 8.45. The number of aromatic nitrogens is 2. The van der Waals surface area contributed by atoms with E-state index in [2.05, 4.69) is 46.7 Å². The Labute approximate surface area is 183 Å². The summed E-state index contributed by atoms with van der Waals surface area (Å²) in [5.74, 6) is 0.246. The van der Waals surface area contributed by atoms with E-state index in [1.54, 1.807) is 18.2 Å². The van der Waals surface area contributed by atoms with E-state index in [9.17, 15) is 9.59 Å². The van der Waals surface area contributed by atoms with Gasteiger partial charge in [0.05, 0.1) is 11.4 Å². The van der Waals surface area contributed by atoms with Crippen molar-refractivity contribution in [2.24, 2.45) is 5.73 Å². The van der Waals surface area contributed by atoms with Gasteiger partial charge < -0.3 is 21.7 Å². The molecule has 0 bridgehead atoms. The molecule has 0 aliphatic rings. The molecule has 164 valence electrons. The summed E-state index contributed by atoms with van der Waals surface area (Å²) in [6, 6.07) is 9.03. The third-order valence-electron chi connectivity index (χ3n) is 4.53. The molecule has 0 aliphatic heterocycles. The molecular formula is C23H30N6O2. The maximum atomic E-state index is 12.6. The molecule has 0 aliphatic carbocycles. The molecule has 31 heavy (non-hydrogen) atoms. The summed E-state index contributed by atoms with van der Waals surface area (Å²) in [5.41, 5.74) is 8.38. The molecule has 1 heterocycles. The predicted molar refractivity (Wildman–Crippen MR) is 123 cm³/mol. The lowest BCUT2D eigenvalue weighted by molar-refractivity contribution is -0.105. The molecule has 0 fully saturated rings. The average molecular weight is 423 g/mol. The quantitative estimate of drug-likeness (QED) is 0.211. The smallest absolute Gasteiger partial charge is 0.255 e. The van der Waals surface area contributed by atoms with Crippen LogP contribution < -0.4 is 21.7 Å². The number of hydrogen-bond acceptors (Lipinski definition) is 7. The molecule has 1 aromatic carbocycles. The summed E-state index contributed by atoms with van der Waals surface area (Å²) in [5, 5.41) is 8.82. The summed E-state index contributed by atoms with van der Waals surface area (Å²) in [4.78, 5) is 32.5. The zero-order valence-electron chi connectivity index (χ0n) is 18.4. The number of aldehydes is 1. The largest absolute Gasteiger partial charge is 0.404 e. The van der Waals surface area contributed by atoms with Crippen molar-refractivity contribution in [3.8, 4) is 0 Å². The van der Waals surface area contributed by atoms with Gasteiger partial charge >= 0.3 is 0 Å². The number of rotatable bonds is 9. The van der Waals surface area contributed by atoms with Crippen LogP contribution in [0, 0.1) is 0 Å². The fourth-order valence-electron chi connectivity index (χ4n) is 2.73. The molecule has 1 amide bonds. The second-order valence-corrected chi connectivity index (χ2v) is 7.94. The van der Waals surface area contributed by atoms with Crippen LogP contribution in [-0.4, -0.2) is 42.3 Å². The summed E-state index contributed by atoms with van der Waals surface area (Å²) in [6.45, 7) is 7.77. The SMILES string of the molecule is CNCCNc1cc(C(/C=C(\C=O)NC(=O)c2ccc(C(C)(C)C)cc2)=C/N)ncn1. The number of nitrogens with one attached hydrogen (secondary N) is 3. The lowest BCUT2D eigenvalue weighted by Crippen LogP contribution is -2.24. The highest BCUT2D eigenvalue weighted by Gasteiger charge is 2.15. The fourth-order valence-corrected chi connectivity index (χ4v) is 2.73. The lowest BCUT2D eigenvalue weighted by Gasteiger charge is -2.19. The molecule has 0 saturated carbocycles. The maximum absolute atomic E-state index is 12.6. The van der Waals surface area contributed by atoms with Crippen LogP contribution in [0.25, 0.3) is 5.57 Å². The number of anilines is 1. The molecule has 2 rings (SSSR count). The minimum Gasteiger partial charge on any atom is -0.404 e. The van der Waals surface area contributed by atoms with Crippen molar-refractivity contribution < 1.29 is 9.59 Å². The van der Waals surface area contributed by atoms with Crippen molar-refractivity contribution in [2.75, 3.05) is 25.5 Å². The second-order valence-electron chi connectivity index (χ2n) is 7.94. The molecular weight excluding hydrogens is 392 g/mol. The van der Waals surface area contributed by atoms with Gasteiger partial charge in [-0.05, 0) is 36.2 Å². The van der Waals surface area contributed by atoms with E-state index in [0.717, 1.165) is 12.1 Å². The van der Waals surface area contributed by atoms with Crippen LogP contribution in [0.4, 0.5) is 5.82 Å². The summed E-state index contributed by atoms with van der Waals surface area (Å²) >= 11 is 0. The Balaban J connectivity index is 2.16. The van der Waals surface area contributed by atoms with E-state index >= 15 is 0 Å². The van der Waals surface area contributed by atoms with Gasteiger partial charge in [-0.3, -0.25) is 9.59 Å². The molecule has 0 atom stereocenters. The van der Waals surface area contributed by atoms with Crippen molar-refractivity contribution in [2.45, 2.75) is 26.2 Å². The van der Waals surface area contributed by atoms with Crippen LogP contribution in [0.5, 0.6) is 0 Å². The normalized spacial score (nSPS) is 12.4. The van der Waals surface area contributed by atoms with Crippen molar-refractivity contribution in [1.29, 1.82) is 0 Å². The van der Waals surface area contributed by atoms with Crippen LogP contribution in [-0.2, 0) is 10.2 Å². The molecule has 5 N–H and O–H groups in total. The second kappa shape index (κ2) is 11.0. The predicted octanol–water partition coefficient (Wildman–Crippen LogP) is 2.22. The Morgan fingerprint density at radius 3 is 2.42 bits per heavy atom. The van der Waals surface area contributed by atoms with Gasteiger partial charge in [0.2, 0.25) is 0 Å². The number of allylic oxidation sites excluding steroid dienone is 3. The van der Waals surface area contributed by atoms with Gasteiger partial charge in [-0.2, -0.15) is 0 Å². The molecule has 1 aromatic heterocycles. The van der Waals surface area contributed by atoms with Gasteiger partial charge in [0.1, 0.15) is 12.1 Å². The van der Waals surface area contributed by atoms with Crippen LogP contribution in [0.15, 0.2) is 54.6 Å². The zero-order chi connectivity index (χ0) is 22.9. The standard InChI is InChI=1S/C23H30N6O2/c1-23(2,3)18-7-5-16(6-8-18)22(31)29-19(14-30)11-17(13-24)20-12-21(28-15-27-20)26-10-9-25-4/h5-8,11-15,25H,9-10,24H2,1-4H3,(H,29,31)(H,26,27,28)/b17-13+,19-11+. The number of amides is 1. The summed E-state index contributed by atoms with van der Waals surface area (Å²) in [7, 11) is 1.86. The molecule has 0 saturated heterocycles. The van der Waals surface area contributed by atoms with Crippen LogP contribution in [0.3, 0.4) is 0 Å². The maximum Gasteiger partial charge on any atom is 0.255 e. The zero-order valence-corrected chi connectivity index (χ0v) is 18.4. The molecule has 8 nitrogen and oxygen atoms in total. The fraction of sp³-hybridized carbons (Fsp3) is 0.304. The van der Waals surface area contributed by atoms with Crippen LogP contribution >= 0.6 is 0 Å². The minimum atomic E-state index is -0.382. The van der Waals surface area contributed by atoms with Gasteiger partial charge in [0.15, 0.2) is 6.29 Å². The Morgan fingerprint density at radius 1 is 1.13 bits per heavy atom. The first-order valence-corrected chi connectivity index (χ1v) is 10.00. The van der Waals surface area contributed by atoms with Gasteiger partial charge in [-0.15, -0.1) is 0 Å². The van der Waals surface area contributed by atoms with Crippen molar-refractivity contribution in [3.63, 3.8) is 0 Å². The summed E-state index contributed by atoms with van der Waals surface area (Å²) < 4.78 is 0. The molecule has 0 radical (unpaired) electrons. The molecule has 2 aromatic rings. The third kappa shape index (κ3) is 7.04. The first kappa shape index (κ1) is 23.8. The van der Waals surface area contributed by atoms with Crippen molar-refractivity contribution in [1.82, 2.24) is 20.6 Å². The first-order valence-electron chi connectivity index (χ1n) is 10.00. The van der Waals surface area contributed by atoms with Gasteiger partial charge in [0, 0.05) is 36.5 Å².